The number of nitrogens with zero attached hydrogens (tertiary/aromatic N) is 1. The van der Waals surface area contributed by atoms with Crippen LogP contribution in [-0.4, -0.2) is 37.6 Å². The Bertz CT molecular complexity index is 376. The van der Waals surface area contributed by atoms with Crippen LogP contribution in [0.5, 0.6) is 0 Å². The number of piperidine rings is 1. The molecule has 1 saturated carbocycles. The van der Waals surface area contributed by atoms with Gasteiger partial charge in [0.2, 0.25) is 0 Å². The monoisotopic (exact) mass is 292 g/mol. The van der Waals surface area contributed by atoms with Crippen molar-refractivity contribution in [1.82, 2.24) is 10.2 Å². The number of thiophene rings is 1. The van der Waals surface area contributed by atoms with Gasteiger partial charge in [-0.2, -0.15) is 0 Å². The van der Waals surface area contributed by atoms with E-state index in [0.717, 1.165) is 24.9 Å². The molecule has 2 unspecified atom stereocenters. The summed E-state index contributed by atoms with van der Waals surface area (Å²) in [6.45, 7) is 6.24. The first-order valence-corrected chi connectivity index (χ1v) is 9.25. The first-order chi connectivity index (χ1) is 9.92. The van der Waals surface area contributed by atoms with Crippen LogP contribution in [0.2, 0.25) is 0 Å². The minimum atomic E-state index is 1.02. The van der Waals surface area contributed by atoms with Crippen molar-refractivity contribution in [1.29, 1.82) is 0 Å². The second kappa shape index (κ2) is 7.58. The lowest BCUT2D eigenvalue weighted by atomic mass is 9.75. The van der Waals surface area contributed by atoms with E-state index in [-0.39, 0.29) is 0 Å². The van der Waals surface area contributed by atoms with E-state index >= 15 is 0 Å². The van der Waals surface area contributed by atoms with E-state index in [1.165, 1.54) is 63.0 Å². The van der Waals surface area contributed by atoms with Crippen molar-refractivity contribution < 1.29 is 0 Å². The third-order valence-corrected chi connectivity index (χ3v) is 6.04. The van der Waals surface area contributed by atoms with E-state index in [9.17, 15) is 0 Å². The quantitative estimate of drug-likeness (QED) is 0.809. The molecule has 2 nitrogen and oxygen atoms in total. The first kappa shape index (κ1) is 14.6. The molecule has 2 heterocycles. The van der Waals surface area contributed by atoms with E-state index in [1.54, 1.807) is 0 Å². The van der Waals surface area contributed by atoms with Crippen molar-refractivity contribution in [3.63, 3.8) is 0 Å². The van der Waals surface area contributed by atoms with Gasteiger partial charge in [-0.05, 0) is 49.1 Å². The van der Waals surface area contributed by atoms with Crippen molar-refractivity contribution >= 4 is 11.3 Å². The van der Waals surface area contributed by atoms with Crippen LogP contribution in [0.4, 0.5) is 0 Å². The Hall–Kier alpha value is -0.380. The molecule has 2 fully saturated rings. The summed E-state index contributed by atoms with van der Waals surface area (Å²) in [5, 5.41) is 5.78. The Balaban J connectivity index is 1.29. The largest absolute Gasteiger partial charge is 0.315 e. The maximum atomic E-state index is 3.61. The molecule has 0 radical (unpaired) electrons. The molecule has 1 saturated heterocycles. The molecular formula is C17H28N2S. The number of fused-ring (bicyclic) bond motifs is 1. The summed E-state index contributed by atoms with van der Waals surface area (Å²) in [5.74, 6) is 2.08. The van der Waals surface area contributed by atoms with Crippen LogP contribution in [0.3, 0.4) is 0 Å². The standard InChI is InChI=1S/C17H28N2S/c1-2-5-16-14-19(11-8-15(16)4-1)12-10-18-9-7-17-6-3-13-20-17/h3,6,13,15-16,18H,1-2,4-5,7-12,14H2. The smallest absolute Gasteiger partial charge is 0.0107 e. The fourth-order valence-electron chi connectivity index (χ4n) is 3.91. The summed E-state index contributed by atoms with van der Waals surface area (Å²) >= 11 is 1.87. The van der Waals surface area contributed by atoms with E-state index in [4.69, 9.17) is 0 Å². The lowest BCUT2D eigenvalue weighted by molar-refractivity contribution is 0.0876. The Kier molecular flexibility index (Phi) is 5.51. The SMILES string of the molecule is c1csc(CCNCCN2CCC3CCCCC3C2)c1. The molecule has 20 heavy (non-hydrogen) atoms. The van der Waals surface area contributed by atoms with Crippen LogP contribution in [0, 0.1) is 11.8 Å². The minimum Gasteiger partial charge on any atom is -0.315 e. The van der Waals surface area contributed by atoms with Crippen LogP contribution >= 0.6 is 11.3 Å². The van der Waals surface area contributed by atoms with Gasteiger partial charge in [0.25, 0.3) is 0 Å². The number of nitrogens with one attached hydrogen (secondary N) is 1. The predicted octanol–water partition coefficient (Wildman–Crippen LogP) is 3.39. The van der Waals surface area contributed by atoms with Gasteiger partial charge in [0, 0.05) is 31.1 Å². The molecular weight excluding hydrogens is 264 g/mol. The minimum absolute atomic E-state index is 1.02. The van der Waals surface area contributed by atoms with Gasteiger partial charge in [-0.3, -0.25) is 0 Å². The third kappa shape index (κ3) is 4.06. The van der Waals surface area contributed by atoms with Crippen LogP contribution in [0.15, 0.2) is 17.5 Å². The second-order valence-electron chi connectivity index (χ2n) is 6.47. The molecule has 2 aliphatic rings. The topological polar surface area (TPSA) is 15.3 Å². The third-order valence-electron chi connectivity index (χ3n) is 5.11. The molecule has 1 aliphatic carbocycles. The molecule has 1 N–H and O–H groups in total. The molecule has 1 aromatic heterocycles. The zero-order valence-electron chi connectivity index (χ0n) is 12.5. The molecule has 0 bridgehead atoms. The average molecular weight is 292 g/mol. The Labute approximate surface area is 127 Å². The lowest BCUT2D eigenvalue weighted by Gasteiger charge is -2.41. The van der Waals surface area contributed by atoms with E-state index in [2.05, 4.69) is 27.7 Å². The van der Waals surface area contributed by atoms with Gasteiger partial charge < -0.3 is 10.2 Å². The molecule has 3 rings (SSSR count). The van der Waals surface area contributed by atoms with E-state index in [0.29, 0.717) is 0 Å². The van der Waals surface area contributed by atoms with Crippen LogP contribution in [0.25, 0.3) is 0 Å². The number of likely N-dealkylation sites (tertiary alicyclic amines) is 1. The average Bonchev–Trinajstić information content (AvgIpc) is 3.00. The van der Waals surface area contributed by atoms with Gasteiger partial charge in [0.05, 0.1) is 0 Å². The zero-order chi connectivity index (χ0) is 13.6. The summed E-state index contributed by atoms with van der Waals surface area (Å²) in [5.41, 5.74) is 0. The van der Waals surface area contributed by atoms with Crippen LogP contribution in [-0.2, 0) is 6.42 Å². The summed E-state index contributed by atoms with van der Waals surface area (Å²) in [4.78, 5) is 4.20. The highest BCUT2D eigenvalue weighted by Crippen LogP contribution is 2.35. The van der Waals surface area contributed by atoms with Crippen molar-refractivity contribution in [2.75, 3.05) is 32.7 Å². The molecule has 1 aromatic rings. The van der Waals surface area contributed by atoms with Gasteiger partial charge in [-0.25, -0.2) is 0 Å². The molecule has 2 atom stereocenters. The fourth-order valence-corrected chi connectivity index (χ4v) is 4.62. The van der Waals surface area contributed by atoms with E-state index in [1.807, 2.05) is 11.3 Å². The van der Waals surface area contributed by atoms with Gasteiger partial charge in [-0.1, -0.05) is 25.3 Å². The summed E-state index contributed by atoms with van der Waals surface area (Å²) in [6, 6.07) is 4.38. The molecule has 0 spiro atoms. The number of hydrogen-bond acceptors (Lipinski definition) is 3. The highest BCUT2D eigenvalue weighted by Gasteiger charge is 2.30. The molecule has 0 amide bonds. The molecule has 112 valence electrons. The van der Waals surface area contributed by atoms with Crippen molar-refractivity contribution in [3.8, 4) is 0 Å². The maximum Gasteiger partial charge on any atom is 0.0107 e. The Morgan fingerprint density at radius 2 is 2.05 bits per heavy atom. The molecule has 1 aliphatic heterocycles. The highest BCUT2D eigenvalue weighted by atomic mass is 32.1. The van der Waals surface area contributed by atoms with Gasteiger partial charge in [0.15, 0.2) is 0 Å². The Morgan fingerprint density at radius 3 is 2.90 bits per heavy atom. The normalized spacial score (nSPS) is 27.4. The van der Waals surface area contributed by atoms with Gasteiger partial charge in [0.1, 0.15) is 0 Å². The zero-order valence-corrected chi connectivity index (χ0v) is 13.3. The van der Waals surface area contributed by atoms with Gasteiger partial charge >= 0.3 is 0 Å². The predicted molar refractivity (Wildman–Crippen MR) is 87.4 cm³/mol. The Morgan fingerprint density at radius 1 is 1.15 bits per heavy atom. The summed E-state index contributed by atoms with van der Waals surface area (Å²) in [6.07, 6.45) is 8.62. The van der Waals surface area contributed by atoms with Gasteiger partial charge in [-0.15, -0.1) is 11.3 Å². The molecule has 3 heteroatoms. The second-order valence-corrected chi connectivity index (χ2v) is 7.51. The summed E-state index contributed by atoms with van der Waals surface area (Å²) in [7, 11) is 0. The first-order valence-electron chi connectivity index (χ1n) is 8.37. The van der Waals surface area contributed by atoms with Crippen molar-refractivity contribution in [2.45, 2.75) is 38.5 Å². The lowest BCUT2D eigenvalue weighted by Crippen LogP contribution is -2.44. The number of hydrogen-bond donors (Lipinski definition) is 1. The summed E-state index contributed by atoms with van der Waals surface area (Å²) < 4.78 is 0. The molecule has 0 aromatic carbocycles. The van der Waals surface area contributed by atoms with Crippen molar-refractivity contribution in [2.24, 2.45) is 11.8 Å². The van der Waals surface area contributed by atoms with E-state index < -0.39 is 0 Å². The van der Waals surface area contributed by atoms with Crippen LogP contribution < -0.4 is 5.32 Å². The van der Waals surface area contributed by atoms with Crippen molar-refractivity contribution in [3.05, 3.63) is 22.4 Å². The fraction of sp³-hybridized carbons (Fsp3) is 0.765. The van der Waals surface area contributed by atoms with Crippen LogP contribution in [0.1, 0.15) is 37.0 Å². The maximum absolute atomic E-state index is 3.61. The highest BCUT2D eigenvalue weighted by molar-refractivity contribution is 7.09. The number of rotatable bonds is 6.